The molecule has 5 nitrogen and oxygen atoms in total. The second-order valence-corrected chi connectivity index (χ2v) is 4.47. The van der Waals surface area contributed by atoms with Crippen LogP contribution in [0.4, 0.5) is 0 Å². The zero-order valence-electron chi connectivity index (χ0n) is 10.6. The van der Waals surface area contributed by atoms with E-state index in [2.05, 4.69) is 5.32 Å². The maximum Gasteiger partial charge on any atom is 0.161 e. The van der Waals surface area contributed by atoms with Crippen LogP contribution in [0.1, 0.15) is 17.5 Å². The zero-order valence-corrected chi connectivity index (χ0v) is 10.6. The maximum absolute atomic E-state index is 9.01. The van der Waals surface area contributed by atoms with Gasteiger partial charge < -0.3 is 25.0 Å². The van der Waals surface area contributed by atoms with Crippen LogP contribution in [-0.2, 0) is 13.0 Å². The second kappa shape index (κ2) is 5.56. The monoisotopic (exact) mass is 253 g/mol. The van der Waals surface area contributed by atoms with Gasteiger partial charge in [0.1, 0.15) is 0 Å². The average Bonchev–Trinajstić information content (AvgIpc) is 2.36. The molecule has 1 aromatic rings. The molecule has 1 unspecified atom stereocenters. The summed E-state index contributed by atoms with van der Waals surface area (Å²) in [6.07, 6.45) is -0.189. The largest absolute Gasteiger partial charge is 0.493 e. The quantitative estimate of drug-likeness (QED) is 0.678. The Morgan fingerprint density at radius 2 is 1.83 bits per heavy atom. The first-order valence-electron chi connectivity index (χ1n) is 5.97. The van der Waals surface area contributed by atoms with E-state index in [1.807, 2.05) is 12.1 Å². The predicted octanol–water partition coefficient (Wildman–Crippen LogP) is 0.419. The number of hydrogen-bond donors (Lipinski definition) is 3. The molecule has 0 radical (unpaired) electrons. The Morgan fingerprint density at radius 1 is 1.22 bits per heavy atom. The van der Waals surface area contributed by atoms with Crippen LogP contribution in [0.5, 0.6) is 11.5 Å². The summed E-state index contributed by atoms with van der Waals surface area (Å²) in [5, 5.41) is 21.3. The number of aliphatic hydroxyl groups excluding tert-OH is 1. The minimum absolute atomic E-state index is 0.0793. The Hall–Kier alpha value is -1.30. The van der Waals surface area contributed by atoms with E-state index < -0.39 is 6.29 Å². The van der Waals surface area contributed by atoms with Crippen molar-refractivity contribution in [3.05, 3.63) is 23.3 Å². The molecule has 0 aromatic heterocycles. The molecule has 18 heavy (non-hydrogen) atoms. The number of ether oxygens (including phenoxy) is 2. The number of methoxy groups -OCH3 is 2. The average molecular weight is 253 g/mol. The van der Waals surface area contributed by atoms with Crippen molar-refractivity contribution in [1.82, 2.24) is 5.32 Å². The third kappa shape index (κ3) is 2.75. The van der Waals surface area contributed by atoms with Crippen molar-refractivity contribution in [1.29, 1.82) is 0 Å². The molecule has 0 saturated carbocycles. The maximum atomic E-state index is 9.01. The summed E-state index contributed by atoms with van der Waals surface area (Å²) in [6.45, 7) is 0.701. The highest BCUT2D eigenvalue weighted by atomic mass is 16.5. The fraction of sp³-hybridized carbons (Fsp3) is 0.538. The highest BCUT2D eigenvalue weighted by Gasteiger charge is 2.22. The van der Waals surface area contributed by atoms with Crippen LogP contribution in [0.2, 0.25) is 0 Å². The zero-order chi connectivity index (χ0) is 13.1. The van der Waals surface area contributed by atoms with Crippen LogP contribution < -0.4 is 14.8 Å². The van der Waals surface area contributed by atoms with E-state index in [1.165, 1.54) is 0 Å². The Bertz CT molecular complexity index is 420. The van der Waals surface area contributed by atoms with Crippen molar-refractivity contribution in [2.75, 3.05) is 14.2 Å². The van der Waals surface area contributed by atoms with Crippen LogP contribution in [0.25, 0.3) is 0 Å². The Labute approximate surface area is 106 Å². The number of aliphatic hydroxyl groups is 2. The van der Waals surface area contributed by atoms with Crippen LogP contribution in [0.3, 0.4) is 0 Å². The van der Waals surface area contributed by atoms with E-state index in [-0.39, 0.29) is 6.04 Å². The van der Waals surface area contributed by atoms with Crippen molar-refractivity contribution >= 4 is 0 Å². The van der Waals surface area contributed by atoms with Crippen LogP contribution in [-0.4, -0.2) is 36.8 Å². The van der Waals surface area contributed by atoms with Gasteiger partial charge >= 0.3 is 0 Å². The van der Waals surface area contributed by atoms with Gasteiger partial charge in [-0.3, -0.25) is 0 Å². The van der Waals surface area contributed by atoms with E-state index in [0.717, 1.165) is 23.3 Å². The van der Waals surface area contributed by atoms with Crippen molar-refractivity contribution in [2.45, 2.75) is 31.7 Å². The van der Waals surface area contributed by atoms with E-state index in [1.54, 1.807) is 14.2 Å². The molecule has 1 aromatic carbocycles. The number of nitrogens with one attached hydrogen (secondary N) is 1. The van der Waals surface area contributed by atoms with Gasteiger partial charge in [-0.15, -0.1) is 0 Å². The molecule has 3 N–H and O–H groups in total. The second-order valence-electron chi connectivity index (χ2n) is 4.47. The van der Waals surface area contributed by atoms with Gasteiger partial charge in [0.2, 0.25) is 0 Å². The molecular formula is C13H19NO4. The summed E-state index contributed by atoms with van der Waals surface area (Å²) in [6, 6.07) is 4.01. The Balaban J connectivity index is 2.21. The van der Waals surface area contributed by atoms with Gasteiger partial charge in [-0.1, -0.05) is 0 Å². The lowest BCUT2D eigenvalue weighted by Crippen LogP contribution is -2.38. The number of benzene rings is 1. The molecule has 0 bridgehead atoms. The SMILES string of the molecule is COc1cc2c(cc1OC)CC(CC(O)O)NC2. The summed E-state index contributed by atoms with van der Waals surface area (Å²) in [5.41, 5.74) is 2.33. The first-order chi connectivity index (χ1) is 8.63. The molecule has 1 aliphatic rings. The van der Waals surface area contributed by atoms with Gasteiger partial charge in [-0.25, -0.2) is 0 Å². The molecule has 1 heterocycles. The lowest BCUT2D eigenvalue weighted by Gasteiger charge is -2.27. The third-order valence-corrected chi connectivity index (χ3v) is 3.25. The van der Waals surface area contributed by atoms with Gasteiger partial charge in [0.25, 0.3) is 0 Å². The molecule has 2 rings (SSSR count). The highest BCUT2D eigenvalue weighted by Crippen LogP contribution is 2.32. The normalized spacial score (nSPS) is 18.6. The summed E-state index contributed by atoms with van der Waals surface area (Å²) < 4.78 is 10.5. The molecule has 0 saturated heterocycles. The lowest BCUT2D eigenvalue weighted by molar-refractivity contribution is -0.0519. The molecular weight excluding hydrogens is 234 g/mol. The molecule has 0 aliphatic carbocycles. The molecule has 1 atom stereocenters. The smallest absolute Gasteiger partial charge is 0.161 e. The minimum Gasteiger partial charge on any atom is -0.493 e. The third-order valence-electron chi connectivity index (χ3n) is 3.25. The van der Waals surface area contributed by atoms with Gasteiger partial charge in [0.05, 0.1) is 14.2 Å². The number of fused-ring (bicyclic) bond motifs is 1. The predicted molar refractivity (Wildman–Crippen MR) is 66.7 cm³/mol. The van der Waals surface area contributed by atoms with Gasteiger partial charge in [-0.2, -0.15) is 0 Å². The van der Waals surface area contributed by atoms with Crippen LogP contribution in [0, 0.1) is 0 Å². The van der Waals surface area contributed by atoms with E-state index in [4.69, 9.17) is 19.7 Å². The summed E-state index contributed by atoms with van der Waals surface area (Å²) in [4.78, 5) is 0. The Kier molecular flexibility index (Phi) is 4.06. The minimum atomic E-state index is -1.27. The lowest BCUT2D eigenvalue weighted by atomic mass is 9.93. The molecule has 0 fully saturated rings. The Morgan fingerprint density at radius 3 is 2.39 bits per heavy atom. The molecule has 5 heteroatoms. The van der Waals surface area contributed by atoms with Gasteiger partial charge in [0.15, 0.2) is 17.8 Å². The fourth-order valence-electron chi connectivity index (χ4n) is 2.33. The summed E-state index contributed by atoms with van der Waals surface area (Å²) >= 11 is 0. The van der Waals surface area contributed by atoms with Crippen molar-refractivity contribution < 1.29 is 19.7 Å². The summed E-state index contributed by atoms with van der Waals surface area (Å²) in [7, 11) is 3.23. The van der Waals surface area contributed by atoms with Gasteiger partial charge in [0, 0.05) is 19.0 Å². The van der Waals surface area contributed by atoms with Crippen molar-refractivity contribution in [3.63, 3.8) is 0 Å². The highest BCUT2D eigenvalue weighted by molar-refractivity contribution is 5.48. The van der Waals surface area contributed by atoms with Crippen molar-refractivity contribution in [2.24, 2.45) is 0 Å². The number of rotatable bonds is 4. The first-order valence-corrected chi connectivity index (χ1v) is 5.97. The summed E-state index contributed by atoms with van der Waals surface area (Å²) in [5.74, 6) is 1.43. The van der Waals surface area contributed by atoms with Crippen molar-refractivity contribution in [3.8, 4) is 11.5 Å². The number of hydrogen-bond acceptors (Lipinski definition) is 5. The van der Waals surface area contributed by atoms with Crippen LogP contribution >= 0.6 is 0 Å². The van der Waals surface area contributed by atoms with E-state index in [9.17, 15) is 0 Å². The standard InChI is InChI=1S/C13H19NO4/c1-17-11-4-8-3-10(6-13(15)16)14-7-9(8)5-12(11)18-2/h4-5,10,13-16H,3,6-7H2,1-2H3. The van der Waals surface area contributed by atoms with Gasteiger partial charge in [-0.05, 0) is 29.7 Å². The molecule has 1 aliphatic heterocycles. The fourth-order valence-corrected chi connectivity index (χ4v) is 2.33. The molecule has 100 valence electrons. The van der Waals surface area contributed by atoms with E-state index in [0.29, 0.717) is 18.7 Å². The molecule has 0 amide bonds. The van der Waals surface area contributed by atoms with Crippen LogP contribution in [0.15, 0.2) is 12.1 Å². The van der Waals surface area contributed by atoms with E-state index >= 15 is 0 Å². The molecule has 0 spiro atoms. The topological polar surface area (TPSA) is 71.0 Å². The first kappa shape index (κ1) is 13.1.